The van der Waals surface area contributed by atoms with Gasteiger partial charge in [0.05, 0.1) is 0 Å². The van der Waals surface area contributed by atoms with Crippen molar-refractivity contribution in [3.63, 3.8) is 0 Å². The summed E-state index contributed by atoms with van der Waals surface area (Å²) >= 11 is 0. The molecule has 1 aliphatic heterocycles. The zero-order valence-corrected chi connectivity index (χ0v) is 12.7. The third-order valence-corrected chi connectivity index (χ3v) is 4.37. The van der Waals surface area contributed by atoms with E-state index in [0.29, 0.717) is 5.92 Å². The Morgan fingerprint density at radius 1 is 0.905 bits per heavy atom. The first-order chi connectivity index (χ1) is 10.3. The van der Waals surface area contributed by atoms with Crippen LogP contribution in [-0.4, -0.2) is 24.5 Å². The molecular formula is C19H23NO. The van der Waals surface area contributed by atoms with Gasteiger partial charge in [-0.15, -0.1) is 0 Å². The zero-order valence-electron chi connectivity index (χ0n) is 12.7. The van der Waals surface area contributed by atoms with Gasteiger partial charge in [-0.3, -0.25) is 0 Å². The highest BCUT2D eigenvalue weighted by atomic mass is 16.5. The molecule has 0 aliphatic carbocycles. The number of rotatable bonds is 4. The zero-order chi connectivity index (χ0) is 14.5. The molecule has 1 aliphatic rings. The van der Waals surface area contributed by atoms with Gasteiger partial charge in [0.25, 0.3) is 0 Å². The van der Waals surface area contributed by atoms with E-state index in [4.69, 9.17) is 4.74 Å². The van der Waals surface area contributed by atoms with E-state index in [-0.39, 0.29) is 0 Å². The molecule has 0 bridgehead atoms. The maximum absolute atomic E-state index is 5.85. The predicted molar refractivity (Wildman–Crippen MR) is 87.0 cm³/mol. The van der Waals surface area contributed by atoms with Gasteiger partial charge < -0.3 is 9.64 Å². The van der Waals surface area contributed by atoms with E-state index >= 15 is 0 Å². The van der Waals surface area contributed by atoms with E-state index in [2.05, 4.69) is 36.1 Å². The van der Waals surface area contributed by atoms with Crippen LogP contribution >= 0.6 is 0 Å². The number of para-hydroxylation sites is 1. The van der Waals surface area contributed by atoms with Gasteiger partial charge in [-0.2, -0.15) is 0 Å². The lowest BCUT2D eigenvalue weighted by molar-refractivity contribution is 0.222. The number of benzene rings is 2. The summed E-state index contributed by atoms with van der Waals surface area (Å²) in [4.78, 5) is 2.53. The largest absolute Gasteiger partial charge is 0.457 e. The Morgan fingerprint density at radius 3 is 2.14 bits per heavy atom. The van der Waals surface area contributed by atoms with Crippen LogP contribution in [0.3, 0.4) is 0 Å². The van der Waals surface area contributed by atoms with Crippen molar-refractivity contribution < 1.29 is 4.74 Å². The minimum Gasteiger partial charge on any atom is -0.457 e. The van der Waals surface area contributed by atoms with Crippen LogP contribution in [0.4, 0.5) is 0 Å². The highest BCUT2D eigenvalue weighted by molar-refractivity contribution is 5.34. The van der Waals surface area contributed by atoms with Crippen LogP contribution in [0, 0.1) is 0 Å². The Hall–Kier alpha value is -1.80. The van der Waals surface area contributed by atoms with E-state index in [1.165, 1.54) is 38.0 Å². The fraction of sp³-hybridized carbons (Fsp3) is 0.368. The molecule has 2 heteroatoms. The summed E-state index contributed by atoms with van der Waals surface area (Å²) in [7, 11) is 0. The predicted octanol–water partition coefficient (Wildman–Crippen LogP) is 4.68. The second-order valence-electron chi connectivity index (χ2n) is 5.69. The first kappa shape index (κ1) is 14.2. The Balaban J connectivity index is 1.62. The molecule has 1 heterocycles. The smallest absolute Gasteiger partial charge is 0.127 e. The molecule has 110 valence electrons. The summed E-state index contributed by atoms with van der Waals surface area (Å²) in [5.74, 6) is 2.51. The first-order valence-electron chi connectivity index (χ1n) is 7.90. The minimum atomic E-state index is 0.707. The molecule has 0 N–H and O–H groups in total. The second-order valence-corrected chi connectivity index (χ2v) is 5.69. The Labute approximate surface area is 127 Å². The SMILES string of the molecule is CCN1CCC(c2ccc(Oc3ccccc3)cc2)CC1. The number of nitrogens with zero attached hydrogens (tertiary/aromatic N) is 1. The minimum absolute atomic E-state index is 0.707. The molecule has 1 saturated heterocycles. The highest BCUT2D eigenvalue weighted by Gasteiger charge is 2.19. The van der Waals surface area contributed by atoms with Gasteiger partial charge in [-0.05, 0) is 68.2 Å². The molecule has 0 aromatic heterocycles. The maximum atomic E-state index is 5.85. The lowest BCUT2D eigenvalue weighted by Gasteiger charge is -2.31. The van der Waals surface area contributed by atoms with Gasteiger partial charge in [0.1, 0.15) is 11.5 Å². The molecule has 0 atom stereocenters. The van der Waals surface area contributed by atoms with Crippen molar-refractivity contribution in [3.05, 3.63) is 60.2 Å². The van der Waals surface area contributed by atoms with Crippen LogP contribution < -0.4 is 4.74 Å². The van der Waals surface area contributed by atoms with E-state index in [1.807, 2.05) is 30.3 Å². The van der Waals surface area contributed by atoms with Gasteiger partial charge >= 0.3 is 0 Å². The Morgan fingerprint density at radius 2 is 1.52 bits per heavy atom. The third-order valence-electron chi connectivity index (χ3n) is 4.37. The molecule has 2 aromatic rings. The lowest BCUT2D eigenvalue weighted by atomic mass is 9.89. The number of hydrogen-bond donors (Lipinski definition) is 0. The van der Waals surface area contributed by atoms with Crippen molar-refractivity contribution in [1.29, 1.82) is 0 Å². The summed E-state index contributed by atoms with van der Waals surface area (Å²) < 4.78 is 5.85. The summed E-state index contributed by atoms with van der Waals surface area (Å²) in [5.41, 5.74) is 1.45. The molecule has 3 rings (SSSR count). The van der Waals surface area contributed by atoms with Crippen molar-refractivity contribution in [2.45, 2.75) is 25.7 Å². The van der Waals surface area contributed by atoms with Crippen LogP contribution in [0.25, 0.3) is 0 Å². The summed E-state index contributed by atoms with van der Waals surface area (Å²) in [5, 5.41) is 0. The fourth-order valence-corrected chi connectivity index (χ4v) is 3.02. The van der Waals surface area contributed by atoms with Crippen LogP contribution in [0.2, 0.25) is 0 Å². The van der Waals surface area contributed by atoms with E-state index < -0.39 is 0 Å². The molecule has 2 nitrogen and oxygen atoms in total. The molecule has 21 heavy (non-hydrogen) atoms. The molecule has 0 unspecified atom stereocenters. The molecule has 0 spiro atoms. The standard InChI is InChI=1S/C19H23NO/c1-2-20-14-12-17(13-15-20)16-8-10-19(11-9-16)21-18-6-4-3-5-7-18/h3-11,17H,2,12-15H2,1H3. The summed E-state index contributed by atoms with van der Waals surface area (Å²) in [6.45, 7) is 5.87. The molecule has 0 saturated carbocycles. The van der Waals surface area contributed by atoms with Crippen molar-refractivity contribution in [2.75, 3.05) is 19.6 Å². The molecular weight excluding hydrogens is 258 g/mol. The molecule has 1 fully saturated rings. The molecule has 2 aromatic carbocycles. The Kier molecular flexibility index (Phi) is 4.56. The molecule has 0 radical (unpaired) electrons. The summed E-state index contributed by atoms with van der Waals surface area (Å²) in [6.07, 6.45) is 2.54. The van der Waals surface area contributed by atoms with Gasteiger partial charge in [-0.1, -0.05) is 37.3 Å². The van der Waals surface area contributed by atoms with E-state index in [0.717, 1.165) is 11.5 Å². The van der Waals surface area contributed by atoms with Crippen LogP contribution in [0.5, 0.6) is 11.5 Å². The monoisotopic (exact) mass is 281 g/mol. The van der Waals surface area contributed by atoms with Crippen LogP contribution in [-0.2, 0) is 0 Å². The number of piperidine rings is 1. The normalized spacial score (nSPS) is 16.8. The average Bonchev–Trinajstić information content (AvgIpc) is 2.57. The quantitative estimate of drug-likeness (QED) is 0.807. The fourth-order valence-electron chi connectivity index (χ4n) is 3.02. The van der Waals surface area contributed by atoms with Crippen molar-refractivity contribution in [1.82, 2.24) is 4.90 Å². The van der Waals surface area contributed by atoms with Crippen molar-refractivity contribution in [2.24, 2.45) is 0 Å². The highest BCUT2D eigenvalue weighted by Crippen LogP contribution is 2.30. The lowest BCUT2D eigenvalue weighted by Crippen LogP contribution is -2.32. The van der Waals surface area contributed by atoms with Gasteiger partial charge in [0, 0.05) is 0 Å². The summed E-state index contributed by atoms with van der Waals surface area (Å²) in [6, 6.07) is 18.6. The maximum Gasteiger partial charge on any atom is 0.127 e. The van der Waals surface area contributed by atoms with Crippen LogP contribution in [0.15, 0.2) is 54.6 Å². The van der Waals surface area contributed by atoms with Crippen molar-refractivity contribution >= 4 is 0 Å². The van der Waals surface area contributed by atoms with Gasteiger partial charge in [0.15, 0.2) is 0 Å². The van der Waals surface area contributed by atoms with Crippen LogP contribution in [0.1, 0.15) is 31.2 Å². The van der Waals surface area contributed by atoms with E-state index in [1.54, 1.807) is 0 Å². The number of hydrogen-bond acceptors (Lipinski definition) is 2. The van der Waals surface area contributed by atoms with Gasteiger partial charge in [-0.25, -0.2) is 0 Å². The number of likely N-dealkylation sites (tertiary alicyclic amines) is 1. The van der Waals surface area contributed by atoms with Crippen molar-refractivity contribution in [3.8, 4) is 11.5 Å². The Bertz CT molecular complexity index is 542. The van der Waals surface area contributed by atoms with E-state index in [9.17, 15) is 0 Å². The topological polar surface area (TPSA) is 12.5 Å². The van der Waals surface area contributed by atoms with Gasteiger partial charge in [0.2, 0.25) is 0 Å². The first-order valence-corrected chi connectivity index (χ1v) is 7.90. The second kappa shape index (κ2) is 6.77. The number of ether oxygens (including phenoxy) is 1. The third kappa shape index (κ3) is 3.64. The molecule has 0 amide bonds. The average molecular weight is 281 g/mol.